The number of quaternary nitrogens is 1. The van der Waals surface area contributed by atoms with Crippen LogP contribution in [-0.2, 0) is 0 Å². The monoisotopic (exact) mass is 329 g/mol. The zero-order valence-electron chi connectivity index (χ0n) is 15.4. The fourth-order valence-corrected chi connectivity index (χ4v) is 2.97. The van der Waals surface area contributed by atoms with Crippen molar-refractivity contribution in [1.29, 1.82) is 0 Å². The normalized spacial score (nSPS) is 11.1. The van der Waals surface area contributed by atoms with E-state index in [1.165, 1.54) is 0 Å². The van der Waals surface area contributed by atoms with Crippen LogP contribution in [0.3, 0.4) is 0 Å². The molecule has 24 heavy (non-hydrogen) atoms. The summed E-state index contributed by atoms with van der Waals surface area (Å²) in [5.41, 5.74) is 3.95. The number of aromatic nitrogens is 1. The first-order valence-electron chi connectivity index (χ1n) is 8.62. The molecule has 2 aromatic rings. The molecule has 2 N–H and O–H groups in total. The number of Topliss-reactive ketones (excluding diaryl/α,β-unsaturated/α-hetero) is 1. The Hall–Kier alpha value is -2.07. The van der Waals surface area contributed by atoms with Crippen molar-refractivity contribution < 1.29 is 14.8 Å². The Morgan fingerprint density at radius 3 is 2.46 bits per heavy atom. The summed E-state index contributed by atoms with van der Waals surface area (Å²) < 4.78 is 7.34. The van der Waals surface area contributed by atoms with Crippen molar-refractivity contribution in [2.24, 2.45) is 5.92 Å². The van der Waals surface area contributed by atoms with Gasteiger partial charge in [-0.1, -0.05) is 13.8 Å². The molecular weight excluding hydrogens is 300 g/mol. The minimum atomic E-state index is 0.201. The third-order valence-electron chi connectivity index (χ3n) is 4.34. The van der Waals surface area contributed by atoms with Crippen LogP contribution in [0, 0.1) is 19.8 Å². The van der Waals surface area contributed by atoms with E-state index in [1.807, 2.05) is 44.2 Å². The molecule has 1 aromatic heterocycles. The van der Waals surface area contributed by atoms with E-state index >= 15 is 0 Å². The summed E-state index contributed by atoms with van der Waals surface area (Å²) in [7, 11) is 1.66. The van der Waals surface area contributed by atoms with Crippen molar-refractivity contribution in [3.63, 3.8) is 0 Å². The maximum absolute atomic E-state index is 12.5. The molecule has 0 unspecified atom stereocenters. The van der Waals surface area contributed by atoms with Gasteiger partial charge in [0.1, 0.15) is 12.3 Å². The van der Waals surface area contributed by atoms with Gasteiger partial charge in [0.25, 0.3) is 0 Å². The molecule has 0 radical (unpaired) electrons. The quantitative estimate of drug-likeness (QED) is 0.598. The predicted molar refractivity (Wildman–Crippen MR) is 97.2 cm³/mol. The molecule has 0 saturated carbocycles. The second-order valence-corrected chi connectivity index (χ2v) is 6.71. The van der Waals surface area contributed by atoms with Gasteiger partial charge in [0.05, 0.1) is 13.7 Å². The molecule has 1 heterocycles. The largest absolute Gasteiger partial charge is 0.497 e. The second kappa shape index (κ2) is 8.15. The first-order valence-corrected chi connectivity index (χ1v) is 8.62. The maximum atomic E-state index is 12.5. The summed E-state index contributed by atoms with van der Waals surface area (Å²) >= 11 is 0. The van der Waals surface area contributed by atoms with Gasteiger partial charge in [-0.05, 0) is 56.5 Å². The Labute approximate surface area is 144 Å². The summed E-state index contributed by atoms with van der Waals surface area (Å²) in [6.07, 6.45) is 1.14. The molecule has 1 aromatic carbocycles. The molecule has 0 amide bonds. The average molecular weight is 329 g/mol. The Morgan fingerprint density at radius 1 is 1.21 bits per heavy atom. The summed E-state index contributed by atoms with van der Waals surface area (Å²) in [6, 6.07) is 9.91. The number of ketones is 1. The van der Waals surface area contributed by atoms with Crippen LogP contribution in [0.15, 0.2) is 30.3 Å². The molecule has 0 bridgehead atoms. The number of aryl methyl sites for hydroxylation is 1. The lowest BCUT2D eigenvalue weighted by atomic mass is 10.1. The van der Waals surface area contributed by atoms with Crippen LogP contribution >= 0.6 is 0 Å². The summed E-state index contributed by atoms with van der Waals surface area (Å²) in [5.74, 6) is 1.71. The highest BCUT2D eigenvalue weighted by Gasteiger charge is 2.17. The van der Waals surface area contributed by atoms with Crippen LogP contribution in [-0.4, -0.2) is 30.5 Å². The fourth-order valence-electron chi connectivity index (χ4n) is 2.97. The van der Waals surface area contributed by atoms with Crippen LogP contribution < -0.4 is 10.1 Å². The number of nitrogens with zero attached hydrogens (tertiary/aromatic N) is 1. The number of rotatable bonds is 8. The SMILES string of the molecule is COc1ccc(-n2c(C)cc(C(=O)C[NH2+]CCC(C)C)c2C)cc1. The van der Waals surface area contributed by atoms with Gasteiger partial charge in [-0.25, -0.2) is 0 Å². The molecule has 130 valence electrons. The van der Waals surface area contributed by atoms with Gasteiger partial charge < -0.3 is 14.6 Å². The Kier molecular flexibility index (Phi) is 6.21. The van der Waals surface area contributed by atoms with Crippen molar-refractivity contribution in [2.75, 3.05) is 20.2 Å². The highest BCUT2D eigenvalue weighted by molar-refractivity contribution is 5.98. The first-order chi connectivity index (χ1) is 11.4. The summed E-state index contributed by atoms with van der Waals surface area (Å²) in [6.45, 7) is 9.98. The first kappa shape index (κ1) is 18.3. The number of carbonyl (C=O) groups excluding carboxylic acids is 1. The van der Waals surface area contributed by atoms with Crippen LogP contribution in [0.4, 0.5) is 0 Å². The van der Waals surface area contributed by atoms with Crippen molar-refractivity contribution >= 4 is 5.78 Å². The van der Waals surface area contributed by atoms with Crippen molar-refractivity contribution in [1.82, 2.24) is 4.57 Å². The summed E-state index contributed by atoms with van der Waals surface area (Å²) in [4.78, 5) is 12.5. The van der Waals surface area contributed by atoms with Gasteiger partial charge in [-0.2, -0.15) is 0 Å². The number of benzene rings is 1. The molecule has 0 fully saturated rings. The lowest BCUT2D eigenvalue weighted by Gasteiger charge is -2.10. The highest BCUT2D eigenvalue weighted by Crippen LogP contribution is 2.22. The summed E-state index contributed by atoms with van der Waals surface area (Å²) in [5, 5.41) is 2.11. The third-order valence-corrected chi connectivity index (χ3v) is 4.34. The van der Waals surface area contributed by atoms with Gasteiger partial charge in [0.2, 0.25) is 5.78 Å². The van der Waals surface area contributed by atoms with Crippen molar-refractivity contribution in [3.8, 4) is 11.4 Å². The lowest BCUT2D eigenvalue weighted by Crippen LogP contribution is -2.86. The smallest absolute Gasteiger partial charge is 0.218 e. The van der Waals surface area contributed by atoms with E-state index in [0.29, 0.717) is 12.5 Å². The van der Waals surface area contributed by atoms with Crippen LogP contribution in [0.25, 0.3) is 5.69 Å². The third kappa shape index (κ3) is 4.26. The highest BCUT2D eigenvalue weighted by atomic mass is 16.5. The van der Waals surface area contributed by atoms with Crippen LogP contribution in [0.5, 0.6) is 5.75 Å². The maximum Gasteiger partial charge on any atom is 0.218 e. The Morgan fingerprint density at radius 2 is 1.88 bits per heavy atom. The zero-order valence-corrected chi connectivity index (χ0v) is 15.4. The molecule has 0 saturated heterocycles. The second-order valence-electron chi connectivity index (χ2n) is 6.71. The van der Waals surface area contributed by atoms with Gasteiger partial charge >= 0.3 is 0 Å². The topological polar surface area (TPSA) is 47.8 Å². The van der Waals surface area contributed by atoms with Gasteiger partial charge in [0, 0.05) is 22.6 Å². The Bertz CT molecular complexity index is 684. The molecule has 0 aliphatic heterocycles. The van der Waals surface area contributed by atoms with Crippen LogP contribution in [0.1, 0.15) is 42.0 Å². The van der Waals surface area contributed by atoms with Crippen molar-refractivity contribution in [3.05, 3.63) is 47.3 Å². The molecule has 4 nitrogen and oxygen atoms in total. The van der Waals surface area contributed by atoms with Gasteiger partial charge in [-0.3, -0.25) is 4.79 Å². The number of methoxy groups -OCH3 is 1. The van der Waals surface area contributed by atoms with Gasteiger partial charge in [-0.15, -0.1) is 0 Å². The van der Waals surface area contributed by atoms with E-state index < -0.39 is 0 Å². The number of hydrogen-bond acceptors (Lipinski definition) is 2. The van der Waals surface area contributed by atoms with Crippen LogP contribution in [0.2, 0.25) is 0 Å². The van der Waals surface area contributed by atoms with E-state index in [1.54, 1.807) is 7.11 Å². The molecular formula is C20H29N2O2+. The standard InChI is InChI=1S/C20H28N2O2/c1-14(2)10-11-21-13-20(23)19-12-15(3)22(16(19)4)17-6-8-18(24-5)9-7-17/h6-9,12,14,21H,10-11,13H2,1-5H3/p+1. The predicted octanol–water partition coefficient (Wildman–Crippen LogP) is 2.89. The lowest BCUT2D eigenvalue weighted by molar-refractivity contribution is -0.643. The molecule has 4 heteroatoms. The van der Waals surface area contributed by atoms with E-state index in [-0.39, 0.29) is 5.78 Å². The number of ether oxygens (including phenoxy) is 1. The average Bonchev–Trinajstić information content (AvgIpc) is 2.86. The van der Waals surface area contributed by atoms with E-state index in [4.69, 9.17) is 4.74 Å². The molecule has 0 aliphatic carbocycles. The number of nitrogens with two attached hydrogens (primary N) is 1. The minimum absolute atomic E-state index is 0.201. The van der Waals surface area contributed by atoms with E-state index in [2.05, 4.69) is 23.7 Å². The van der Waals surface area contributed by atoms with E-state index in [9.17, 15) is 4.79 Å². The Balaban J connectivity index is 2.14. The van der Waals surface area contributed by atoms with Crippen molar-refractivity contribution in [2.45, 2.75) is 34.1 Å². The molecule has 0 spiro atoms. The molecule has 0 atom stereocenters. The zero-order chi connectivity index (χ0) is 17.7. The van der Waals surface area contributed by atoms with E-state index in [0.717, 1.165) is 41.4 Å². The molecule has 0 aliphatic rings. The molecule has 2 rings (SSSR count). The minimum Gasteiger partial charge on any atom is -0.497 e. The van der Waals surface area contributed by atoms with Gasteiger partial charge in [0.15, 0.2) is 0 Å². The number of carbonyl (C=O) groups is 1. The fraction of sp³-hybridized carbons (Fsp3) is 0.450. The number of hydrogen-bond donors (Lipinski definition) is 1.